The third-order valence-corrected chi connectivity index (χ3v) is 6.00. The summed E-state index contributed by atoms with van der Waals surface area (Å²) in [6.07, 6.45) is 5.42. The lowest BCUT2D eigenvalue weighted by molar-refractivity contribution is -0.136. The highest BCUT2D eigenvalue weighted by molar-refractivity contribution is 9.10. The predicted octanol–water partition coefficient (Wildman–Crippen LogP) is 4.84. The Morgan fingerprint density at radius 1 is 1.04 bits per heavy atom. The normalized spacial score (nSPS) is 14.2. The van der Waals surface area contributed by atoms with Gasteiger partial charge in [0.1, 0.15) is 0 Å². The number of hydrogen-bond donors (Lipinski definition) is 2. The van der Waals surface area contributed by atoms with Crippen molar-refractivity contribution in [1.82, 2.24) is 5.32 Å². The van der Waals surface area contributed by atoms with Crippen LogP contribution < -0.4 is 10.6 Å². The van der Waals surface area contributed by atoms with Crippen LogP contribution in [-0.2, 0) is 22.4 Å². The zero-order chi connectivity index (χ0) is 19.4. The van der Waals surface area contributed by atoms with E-state index in [-0.39, 0.29) is 6.04 Å². The van der Waals surface area contributed by atoms with Crippen LogP contribution in [0.5, 0.6) is 0 Å². The van der Waals surface area contributed by atoms with Crippen molar-refractivity contribution >= 4 is 33.4 Å². The van der Waals surface area contributed by atoms with Crippen LogP contribution in [-0.4, -0.2) is 11.8 Å². The molecule has 0 spiro atoms. The zero-order valence-electron chi connectivity index (χ0n) is 15.8. The molecule has 2 N–H and O–H groups in total. The summed E-state index contributed by atoms with van der Waals surface area (Å²) in [4.78, 5) is 24.7. The maximum absolute atomic E-state index is 12.4. The number of benzene rings is 2. The lowest BCUT2D eigenvalue weighted by atomic mass is 9.89. The molecular weight excluding hydrogens is 404 g/mol. The molecule has 1 unspecified atom stereocenters. The minimum absolute atomic E-state index is 0.165. The maximum atomic E-state index is 12.4. The summed E-state index contributed by atoms with van der Waals surface area (Å²) in [5, 5.41) is 5.54. The van der Waals surface area contributed by atoms with E-state index in [1.807, 2.05) is 26.0 Å². The van der Waals surface area contributed by atoms with Gasteiger partial charge in [-0.1, -0.05) is 41.1 Å². The third-order valence-electron chi connectivity index (χ3n) is 5.11. The molecule has 0 radical (unpaired) electrons. The van der Waals surface area contributed by atoms with E-state index in [4.69, 9.17) is 0 Å². The van der Waals surface area contributed by atoms with Gasteiger partial charge in [-0.15, -0.1) is 0 Å². The third kappa shape index (κ3) is 4.78. The summed E-state index contributed by atoms with van der Waals surface area (Å²) in [6.45, 7) is 3.95. The Balaban J connectivity index is 1.67. The Labute approximate surface area is 168 Å². The fraction of sp³-hybridized carbons (Fsp3) is 0.364. The number of halogens is 1. The molecule has 1 aliphatic rings. The number of carbonyl (C=O) groups excluding carboxylic acids is 2. The minimum Gasteiger partial charge on any atom is -0.341 e. The fourth-order valence-corrected chi connectivity index (χ4v) is 3.77. The molecule has 1 aliphatic carbocycles. The van der Waals surface area contributed by atoms with Gasteiger partial charge >= 0.3 is 11.8 Å². The second-order valence-electron chi connectivity index (χ2n) is 7.09. The maximum Gasteiger partial charge on any atom is 0.313 e. The molecule has 2 aromatic rings. The Morgan fingerprint density at radius 3 is 2.48 bits per heavy atom. The molecule has 5 heteroatoms. The molecule has 0 fully saturated rings. The van der Waals surface area contributed by atoms with Crippen molar-refractivity contribution in [3.05, 3.63) is 63.1 Å². The first-order chi connectivity index (χ1) is 13.0. The number of nitrogens with one attached hydrogen (secondary N) is 2. The SMILES string of the molecule is CCC(NC(=O)C(=O)Nc1ccc(Br)c(C)c1)c1ccc2c(c1)CCCC2. The van der Waals surface area contributed by atoms with Gasteiger partial charge in [0.25, 0.3) is 0 Å². The van der Waals surface area contributed by atoms with E-state index < -0.39 is 11.8 Å². The molecule has 4 nitrogen and oxygen atoms in total. The van der Waals surface area contributed by atoms with Crippen LogP contribution in [0.15, 0.2) is 40.9 Å². The van der Waals surface area contributed by atoms with Crippen molar-refractivity contribution in [3.8, 4) is 0 Å². The largest absolute Gasteiger partial charge is 0.341 e. The van der Waals surface area contributed by atoms with Gasteiger partial charge in [0, 0.05) is 10.2 Å². The van der Waals surface area contributed by atoms with Crippen LogP contribution >= 0.6 is 15.9 Å². The van der Waals surface area contributed by atoms with Gasteiger partial charge in [-0.3, -0.25) is 9.59 Å². The highest BCUT2D eigenvalue weighted by Crippen LogP contribution is 2.26. The molecule has 1 atom stereocenters. The molecule has 0 saturated carbocycles. The number of rotatable bonds is 4. The number of fused-ring (bicyclic) bond motifs is 1. The highest BCUT2D eigenvalue weighted by Gasteiger charge is 2.20. The van der Waals surface area contributed by atoms with Crippen molar-refractivity contribution in [2.24, 2.45) is 0 Å². The molecule has 3 rings (SSSR count). The topological polar surface area (TPSA) is 58.2 Å². The van der Waals surface area contributed by atoms with Crippen LogP contribution in [0.4, 0.5) is 5.69 Å². The van der Waals surface area contributed by atoms with E-state index in [0.29, 0.717) is 5.69 Å². The summed E-state index contributed by atoms with van der Waals surface area (Å²) in [7, 11) is 0. The second kappa shape index (κ2) is 8.70. The van der Waals surface area contributed by atoms with Crippen LogP contribution in [0.3, 0.4) is 0 Å². The van der Waals surface area contributed by atoms with Gasteiger partial charge in [0.05, 0.1) is 6.04 Å². The first-order valence-electron chi connectivity index (χ1n) is 9.47. The Hall–Kier alpha value is -2.14. The standard InChI is InChI=1S/C22H25BrN2O2/c1-3-20(17-9-8-15-6-4-5-7-16(15)13-17)25-22(27)21(26)24-18-10-11-19(23)14(2)12-18/h8-13,20H,3-7H2,1-2H3,(H,24,26)(H,25,27). The van der Waals surface area contributed by atoms with Gasteiger partial charge in [-0.25, -0.2) is 0 Å². The monoisotopic (exact) mass is 428 g/mol. The molecule has 2 aromatic carbocycles. The Bertz CT molecular complexity index is 863. The van der Waals surface area contributed by atoms with Crippen molar-refractivity contribution in [2.45, 2.75) is 52.0 Å². The number of amides is 2. The molecule has 0 saturated heterocycles. The highest BCUT2D eigenvalue weighted by atomic mass is 79.9. The van der Waals surface area contributed by atoms with E-state index in [9.17, 15) is 9.59 Å². The summed E-state index contributed by atoms with van der Waals surface area (Å²) in [6, 6.07) is 11.7. The second-order valence-corrected chi connectivity index (χ2v) is 7.94. The summed E-state index contributed by atoms with van der Waals surface area (Å²) >= 11 is 3.43. The number of anilines is 1. The van der Waals surface area contributed by atoms with E-state index in [2.05, 4.69) is 44.8 Å². The zero-order valence-corrected chi connectivity index (χ0v) is 17.4. The molecule has 0 aliphatic heterocycles. The molecule has 0 heterocycles. The minimum atomic E-state index is -0.645. The van der Waals surface area contributed by atoms with Gasteiger partial charge in [0.2, 0.25) is 0 Å². The van der Waals surface area contributed by atoms with Crippen molar-refractivity contribution < 1.29 is 9.59 Å². The summed E-state index contributed by atoms with van der Waals surface area (Å²) in [5.74, 6) is -1.26. The lowest BCUT2D eigenvalue weighted by Crippen LogP contribution is -2.37. The molecule has 2 amide bonds. The first-order valence-corrected chi connectivity index (χ1v) is 10.3. The van der Waals surface area contributed by atoms with Crippen molar-refractivity contribution in [3.63, 3.8) is 0 Å². The van der Waals surface area contributed by atoms with Gasteiger partial charge in [-0.2, -0.15) is 0 Å². The van der Waals surface area contributed by atoms with E-state index in [1.54, 1.807) is 6.07 Å². The molecule has 27 heavy (non-hydrogen) atoms. The average molecular weight is 429 g/mol. The summed E-state index contributed by atoms with van der Waals surface area (Å²) in [5.41, 5.74) is 5.46. The number of hydrogen-bond acceptors (Lipinski definition) is 2. The lowest BCUT2D eigenvalue weighted by Gasteiger charge is -2.21. The van der Waals surface area contributed by atoms with Crippen LogP contribution in [0, 0.1) is 6.92 Å². The quantitative estimate of drug-likeness (QED) is 0.684. The summed E-state index contributed by atoms with van der Waals surface area (Å²) < 4.78 is 0.961. The van der Waals surface area contributed by atoms with Gasteiger partial charge in [-0.05, 0) is 79.5 Å². The molecule has 0 aromatic heterocycles. The van der Waals surface area contributed by atoms with Crippen LogP contribution in [0.1, 0.15) is 54.5 Å². The Morgan fingerprint density at radius 2 is 1.78 bits per heavy atom. The predicted molar refractivity (Wildman–Crippen MR) is 112 cm³/mol. The van der Waals surface area contributed by atoms with E-state index in [0.717, 1.165) is 34.9 Å². The smallest absolute Gasteiger partial charge is 0.313 e. The first kappa shape index (κ1) is 19.6. The van der Waals surface area contributed by atoms with E-state index >= 15 is 0 Å². The fourth-order valence-electron chi connectivity index (χ4n) is 3.53. The number of aryl methyl sites for hydroxylation is 3. The van der Waals surface area contributed by atoms with Crippen LogP contribution in [0.25, 0.3) is 0 Å². The molecule has 0 bridgehead atoms. The molecule has 142 valence electrons. The average Bonchev–Trinajstić information content (AvgIpc) is 2.68. The van der Waals surface area contributed by atoms with Crippen LogP contribution in [0.2, 0.25) is 0 Å². The van der Waals surface area contributed by atoms with Crippen molar-refractivity contribution in [1.29, 1.82) is 0 Å². The number of carbonyl (C=O) groups is 2. The Kier molecular flexibility index (Phi) is 6.32. The van der Waals surface area contributed by atoms with Gasteiger partial charge in [0.15, 0.2) is 0 Å². The molecular formula is C22H25BrN2O2. The van der Waals surface area contributed by atoms with Gasteiger partial charge < -0.3 is 10.6 Å². The van der Waals surface area contributed by atoms with Crippen molar-refractivity contribution in [2.75, 3.05) is 5.32 Å². The van der Waals surface area contributed by atoms with E-state index in [1.165, 1.54) is 24.0 Å².